The fourth-order valence-corrected chi connectivity index (χ4v) is 2.64. The minimum Gasteiger partial charge on any atom is -0.487 e. The predicted molar refractivity (Wildman–Crippen MR) is 97.3 cm³/mol. The van der Waals surface area contributed by atoms with Crippen LogP contribution in [0, 0.1) is 6.92 Å². The molecule has 6 heteroatoms. The minimum absolute atomic E-state index is 0.233. The number of aromatic nitrogens is 1. The first-order chi connectivity index (χ1) is 11.9. The first-order valence-electron chi connectivity index (χ1n) is 8.56. The Hall–Kier alpha value is -2.24. The fraction of sp³-hybridized carbons (Fsp3) is 0.500. The summed E-state index contributed by atoms with van der Waals surface area (Å²) in [5.41, 5.74) is 2.18. The first kappa shape index (κ1) is 20.1. The molecular weight excluding hydrogens is 340 g/mol. The van der Waals surface area contributed by atoms with Crippen molar-refractivity contribution in [1.29, 1.82) is 0 Å². The molecule has 0 amide bonds. The average molecular weight is 365 g/mol. The molecule has 0 fully saturated rings. The summed E-state index contributed by atoms with van der Waals surface area (Å²) in [4.78, 5) is 16.6. The van der Waals surface area contributed by atoms with Crippen LogP contribution in [0.25, 0.3) is 10.9 Å². The summed E-state index contributed by atoms with van der Waals surface area (Å²) in [6.07, 6.45) is 0. The number of halogens is 2. The van der Waals surface area contributed by atoms with Gasteiger partial charge in [-0.2, -0.15) is 0 Å². The van der Waals surface area contributed by atoms with Gasteiger partial charge in [0.05, 0.1) is 12.1 Å². The van der Waals surface area contributed by atoms with Crippen molar-refractivity contribution in [3.8, 4) is 5.75 Å². The average Bonchev–Trinajstić information content (AvgIpc) is 2.51. The van der Waals surface area contributed by atoms with E-state index < -0.39 is 18.5 Å². The summed E-state index contributed by atoms with van der Waals surface area (Å²) in [6.45, 7) is 9.95. The number of rotatable bonds is 5. The van der Waals surface area contributed by atoms with E-state index in [1.807, 2.05) is 27.7 Å². The molecule has 0 radical (unpaired) electrons. The third-order valence-corrected chi connectivity index (χ3v) is 3.88. The smallest absolute Gasteiger partial charge is 0.356 e. The van der Waals surface area contributed by atoms with Crippen LogP contribution < -0.4 is 4.74 Å². The molecule has 1 aromatic heterocycles. The third-order valence-electron chi connectivity index (χ3n) is 3.88. The van der Waals surface area contributed by atoms with E-state index in [9.17, 15) is 13.6 Å². The Morgan fingerprint density at radius 1 is 1.15 bits per heavy atom. The second-order valence-corrected chi connectivity index (χ2v) is 7.52. The Bertz CT molecular complexity index is 820. The molecule has 0 atom stereocenters. The number of carbonyl (C=O) groups excluding carboxylic acids is 1. The molecule has 0 spiro atoms. The molecule has 0 aliphatic heterocycles. The van der Waals surface area contributed by atoms with Crippen LogP contribution in [0.4, 0.5) is 8.78 Å². The molecule has 2 aromatic rings. The summed E-state index contributed by atoms with van der Waals surface area (Å²) in [5.74, 6) is -3.04. The minimum atomic E-state index is -2.92. The highest BCUT2D eigenvalue weighted by molar-refractivity contribution is 5.94. The largest absolute Gasteiger partial charge is 0.487 e. The lowest BCUT2D eigenvalue weighted by Crippen LogP contribution is -2.21. The van der Waals surface area contributed by atoms with E-state index in [1.165, 1.54) is 0 Å². The van der Waals surface area contributed by atoms with E-state index in [4.69, 9.17) is 9.47 Å². The lowest BCUT2D eigenvalue weighted by Gasteiger charge is -2.23. The SMILES string of the molecule is CCOC(=O)c1cc(C)c2cc(OCC(C)(F)F)cc(C(C)(C)C)c2n1. The van der Waals surface area contributed by atoms with E-state index in [0.717, 1.165) is 23.4 Å². The Labute approximate surface area is 152 Å². The number of nitrogens with zero attached hydrogens (tertiary/aromatic N) is 1. The van der Waals surface area contributed by atoms with Gasteiger partial charge >= 0.3 is 5.97 Å². The molecule has 0 bridgehead atoms. The zero-order valence-electron chi connectivity index (χ0n) is 16.1. The number of esters is 1. The second kappa shape index (κ2) is 7.17. The van der Waals surface area contributed by atoms with Gasteiger partial charge in [-0.15, -0.1) is 0 Å². The Morgan fingerprint density at radius 2 is 1.81 bits per heavy atom. The zero-order valence-corrected chi connectivity index (χ0v) is 16.1. The zero-order chi connectivity index (χ0) is 19.7. The Balaban J connectivity index is 2.64. The number of alkyl halides is 2. The Kier molecular flexibility index (Phi) is 5.54. The number of benzene rings is 1. The molecular formula is C20H25F2NO3. The molecule has 142 valence electrons. The monoisotopic (exact) mass is 365 g/mol. The highest BCUT2D eigenvalue weighted by Crippen LogP contribution is 2.35. The highest BCUT2D eigenvalue weighted by Gasteiger charge is 2.25. The standard InChI is InChI=1S/C20H25F2NO3/c1-7-25-18(24)16-8-12(2)14-9-13(26-11-20(6,21)22)10-15(17(14)23-16)19(3,4)5/h8-10H,7,11H2,1-6H3. The maximum Gasteiger partial charge on any atom is 0.356 e. The number of hydrogen-bond donors (Lipinski definition) is 0. The summed E-state index contributed by atoms with van der Waals surface area (Å²) >= 11 is 0. The lowest BCUT2D eigenvalue weighted by atomic mass is 9.84. The van der Waals surface area contributed by atoms with Gasteiger partial charge in [0, 0.05) is 12.3 Å². The van der Waals surface area contributed by atoms with Crippen LogP contribution in [0.15, 0.2) is 18.2 Å². The Morgan fingerprint density at radius 3 is 2.35 bits per heavy atom. The van der Waals surface area contributed by atoms with Crippen molar-refractivity contribution < 1.29 is 23.0 Å². The number of ether oxygens (including phenoxy) is 2. The van der Waals surface area contributed by atoms with Gasteiger partial charge in [0.25, 0.3) is 5.92 Å². The van der Waals surface area contributed by atoms with Gasteiger partial charge in [-0.1, -0.05) is 20.8 Å². The molecule has 0 unspecified atom stereocenters. The number of fused-ring (bicyclic) bond motifs is 1. The molecule has 1 aromatic carbocycles. The van der Waals surface area contributed by atoms with Gasteiger partial charge in [0.1, 0.15) is 11.4 Å². The third kappa shape index (κ3) is 4.68. The van der Waals surface area contributed by atoms with Crippen molar-refractivity contribution in [1.82, 2.24) is 4.98 Å². The van der Waals surface area contributed by atoms with E-state index in [-0.39, 0.29) is 17.7 Å². The van der Waals surface area contributed by atoms with E-state index >= 15 is 0 Å². The van der Waals surface area contributed by atoms with Crippen molar-refractivity contribution in [2.24, 2.45) is 0 Å². The van der Waals surface area contributed by atoms with E-state index in [1.54, 1.807) is 25.1 Å². The summed E-state index contributed by atoms with van der Waals surface area (Å²) < 4.78 is 36.7. The second-order valence-electron chi connectivity index (χ2n) is 7.52. The van der Waals surface area contributed by atoms with Crippen LogP contribution in [-0.2, 0) is 10.2 Å². The summed E-state index contributed by atoms with van der Waals surface area (Å²) in [5, 5.41) is 0.764. The molecule has 26 heavy (non-hydrogen) atoms. The van der Waals surface area contributed by atoms with Gasteiger partial charge in [-0.25, -0.2) is 18.6 Å². The van der Waals surface area contributed by atoms with Crippen LogP contribution >= 0.6 is 0 Å². The van der Waals surface area contributed by atoms with Crippen molar-refractivity contribution in [2.75, 3.05) is 13.2 Å². The number of pyridine rings is 1. The molecule has 0 aliphatic rings. The molecule has 0 saturated carbocycles. The van der Waals surface area contributed by atoms with Gasteiger partial charge in [0.2, 0.25) is 0 Å². The fourth-order valence-electron chi connectivity index (χ4n) is 2.64. The first-order valence-corrected chi connectivity index (χ1v) is 8.56. The lowest BCUT2D eigenvalue weighted by molar-refractivity contribution is -0.0229. The topological polar surface area (TPSA) is 48.4 Å². The van der Waals surface area contributed by atoms with Crippen molar-refractivity contribution >= 4 is 16.9 Å². The molecule has 4 nitrogen and oxygen atoms in total. The van der Waals surface area contributed by atoms with Crippen LogP contribution in [-0.4, -0.2) is 30.1 Å². The van der Waals surface area contributed by atoms with E-state index in [0.29, 0.717) is 11.3 Å². The van der Waals surface area contributed by atoms with Crippen LogP contribution in [0.5, 0.6) is 5.75 Å². The van der Waals surface area contributed by atoms with Gasteiger partial charge < -0.3 is 9.47 Å². The number of hydrogen-bond acceptors (Lipinski definition) is 4. The number of carbonyl (C=O) groups is 1. The van der Waals surface area contributed by atoms with Crippen molar-refractivity contribution in [3.63, 3.8) is 0 Å². The summed E-state index contributed by atoms with van der Waals surface area (Å²) in [6, 6.07) is 5.05. The molecule has 1 heterocycles. The maximum atomic E-state index is 13.2. The van der Waals surface area contributed by atoms with E-state index in [2.05, 4.69) is 4.98 Å². The predicted octanol–water partition coefficient (Wildman–Crippen LogP) is 5.05. The van der Waals surface area contributed by atoms with Crippen LogP contribution in [0.2, 0.25) is 0 Å². The molecule has 2 rings (SSSR count). The van der Waals surface area contributed by atoms with Crippen LogP contribution in [0.3, 0.4) is 0 Å². The molecule has 0 aliphatic carbocycles. The highest BCUT2D eigenvalue weighted by atomic mass is 19.3. The van der Waals surface area contributed by atoms with Gasteiger partial charge in [-0.05, 0) is 48.6 Å². The molecule has 0 saturated heterocycles. The maximum absolute atomic E-state index is 13.2. The van der Waals surface area contributed by atoms with Crippen molar-refractivity contribution in [3.05, 3.63) is 35.0 Å². The molecule has 0 N–H and O–H groups in total. The van der Waals surface area contributed by atoms with Gasteiger partial charge in [0.15, 0.2) is 6.61 Å². The normalized spacial score (nSPS) is 12.3. The summed E-state index contributed by atoms with van der Waals surface area (Å²) in [7, 11) is 0. The van der Waals surface area contributed by atoms with Crippen molar-refractivity contribution in [2.45, 2.75) is 52.9 Å². The van der Waals surface area contributed by atoms with Gasteiger partial charge in [-0.3, -0.25) is 0 Å². The number of aryl methyl sites for hydroxylation is 1. The quantitative estimate of drug-likeness (QED) is 0.696. The van der Waals surface area contributed by atoms with Crippen LogP contribution in [0.1, 0.15) is 56.2 Å².